The highest BCUT2D eigenvalue weighted by Gasteiger charge is 2.75. The van der Waals surface area contributed by atoms with E-state index in [1.807, 2.05) is 12.1 Å². The summed E-state index contributed by atoms with van der Waals surface area (Å²) in [5.74, 6) is -2.78. The molecule has 0 saturated heterocycles. The third kappa shape index (κ3) is 3.01. The van der Waals surface area contributed by atoms with Crippen molar-refractivity contribution >= 4 is 45.2 Å². The third-order valence-corrected chi connectivity index (χ3v) is 6.18. The molecule has 0 fully saturated rings. The molecule has 1 unspecified atom stereocenters. The number of rotatable bonds is 2. The average Bonchev–Trinajstić information content (AvgIpc) is 3.14. The fourth-order valence-corrected chi connectivity index (χ4v) is 4.82. The third-order valence-electron chi connectivity index (χ3n) is 5.69. The fourth-order valence-electron chi connectivity index (χ4n) is 4.47. The lowest BCUT2D eigenvalue weighted by atomic mass is 9.60. The van der Waals surface area contributed by atoms with Crippen LogP contribution in [0, 0.1) is 28.1 Å². The van der Waals surface area contributed by atoms with Crippen molar-refractivity contribution in [1.82, 2.24) is 0 Å². The monoisotopic (exact) mass is 512 g/mol. The van der Waals surface area contributed by atoms with Crippen molar-refractivity contribution in [2.24, 2.45) is 10.4 Å². The zero-order valence-corrected chi connectivity index (χ0v) is 20.5. The second-order valence-electron chi connectivity index (χ2n) is 8.61. The lowest BCUT2D eigenvalue weighted by molar-refractivity contribution is -0.140. The summed E-state index contributed by atoms with van der Waals surface area (Å²) >= 11 is 3.36. The summed E-state index contributed by atoms with van der Waals surface area (Å²) in [6, 6.07) is 8.70. The van der Waals surface area contributed by atoms with Crippen molar-refractivity contribution in [3.8, 4) is 12.1 Å². The van der Waals surface area contributed by atoms with Gasteiger partial charge in [0.15, 0.2) is 0 Å². The van der Waals surface area contributed by atoms with Crippen LogP contribution >= 0.6 is 15.9 Å². The zero-order chi connectivity index (χ0) is 24.9. The minimum Gasteiger partial charge on any atom is -0.466 e. The average molecular weight is 513 g/mol. The molecular weight excluding hydrogens is 492 g/mol. The molecule has 9 nitrogen and oxygen atoms in total. The quantitative estimate of drug-likeness (QED) is 0.555. The van der Waals surface area contributed by atoms with E-state index in [0.717, 1.165) is 14.2 Å². The normalized spacial score (nSPS) is 22.3. The lowest BCUT2D eigenvalue weighted by Crippen LogP contribution is -2.53. The van der Waals surface area contributed by atoms with Crippen LogP contribution in [-0.2, 0) is 29.3 Å². The summed E-state index contributed by atoms with van der Waals surface area (Å²) in [4.78, 5) is 46.0. The van der Waals surface area contributed by atoms with Gasteiger partial charge in [0, 0.05) is 17.2 Å². The molecule has 170 valence electrons. The van der Waals surface area contributed by atoms with Crippen LogP contribution in [0.25, 0.3) is 0 Å². The molecule has 0 saturated carbocycles. The molecule has 3 rings (SSSR count). The number of anilines is 1. The number of ether oxygens (including phenoxy) is 2. The lowest BCUT2D eigenvalue weighted by Gasteiger charge is -2.34. The van der Waals surface area contributed by atoms with Gasteiger partial charge in [0.25, 0.3) is 0 Å². The van der Waals surface area contributed by atoms with Crippen LogP contribution in [0.2, 0.25) is 0 Å². The maximum absolute atomic E-state index is 14.0. The van der Waals surface area contributed by atoms with Crippen LogP contribution in [0.1, 0.15) is 26.3 Å². The van der Waals surface area contributed by atoms with Gasteiger partial charge in [-0.05, 0) is 38.5 Å². The molecule has 1 aliphatic heterocycles. The summed E-state index contributed by atoms with van der Waals surface area (Å²) in [6.45, 7) is 5.10. The van der Waals surface area contributed by atoms with E-state index >= 15 is 0 Å². The smallest absolute Gasteiger partial charge is 0.340 e. The number of aliphatic imine (C=N–C) groups is 1. The molecule has 1 heterocycles. The molecule has 10 heteroatoms. The Balaban J connectivity index is 2.70. The highest BCUT2D eigenvalue weighted by molar-refractivity contribution is 9.10. The van der Waals surface area contributed by atoms with E-state index in [1.165, 1.54) is 11.9 Å². The summed E-state index contributed by atoms with van der Waals surface area (Å²) in [7, 11) is 3.65. The van der Waals surface area contributed by atoms with Gasteiger partial charge >= 0.3 is 11.9 Å². The molecule has 1 aromatic rings. The van der Waals surface area contributed by atoms with Crippen LogP contribution in [0.5, 0.6) is 0 Å². The predicted molar refractivity (Wildman–Crippen MR) is 121 cm³/mol. The van der Waals surface area contributed by atoms with E-state index < -0.39 is 45.4 Å². The maximum Gasteiger partial charge on any atom is 0.340 e. The Labute approximate surface area is 199 Å². The summed E-state index contributed by atoms with van der Waals surface area (Å²) in [6.07, 6.45) is 0. The first-order chi connectivity index (χ1) is 15.4. The number of nitriles is 2. The Morgan fingerprint density at radius 3 is 2.18 bits per heavy atom. The number of hydrogen-bond acceptors (Lipinski definition) is 8. The van der Waals surface area contributed by atoms with E-state index in [-0.39, 0.29) is 11.3 Å². The Hall–Kier alpha value is -3.50. The Kier molecular flexibility index (Phi) is 5.72. The number of nitrogens with zero attached hydrogens (tertiary/aromatic N) is 4. The molecule has 2 aliphatic rings. The number of likely N-dealkylation sites (N-methyl/N-ethyl adjacent to an activating group) is 1. The Bertz CT molecular complexity index is 1230. The number of carbonyl (C=O) groups excluding carboxylic acids is 3. The number of carbonyl (C=O) groups is 3. The highest BCUT2D eigenvalue weighted by atomic mass is 79.9. The Morgan fingerprint density at radius 2 is 1.70 bits per heavy atom. The zero-order valence-electron chi connectivity index (χ0n) is 18.9. The molecule has 0 radical (unpaired) electrons. The van der Waals surface area contributed by atoms with E-state index in [2.05, 4.69) is 20.9 Å². The topological polar surface area (TPSA) is 133 Å². The summed E-state index contributed by atoms with van der Waals surface area (Å²) in [5, 5.41) is 20.9. The Morgan fingerprint density at radius 1 is 1.12 bits per heavy atom. The van der Waals surface area contributed by atoms with Crippen LogP contribution in [-0.4, -0.2) is 50.4 Å². The van der Waals surface area contributed by atoms with Gasteiger partial charge in [-0.15, -0.1) is 0 Å². The van der Waals surface area contributed by atoms with Crippen molar-refractivity contribution in [3.63, 3.8) is 0 Å². The van der Waals surface area contributed by atoms with Gasteiger partial charge in [-0.3, -0.25) is 9.79 Å². The number of methoxy groups -OCH3 is 2. The van der Waals surface area contributed by atoms with E-state index in [4.69, 9.17) is 9.47 Å². The van der Waals surface area contributed by atoms with Crippen LogP contribution < -0.4 is 4.90 Å². The summed E-state index contributed by atoms with van der Waals surface area (Å²) < 4.78 is 10.5. The van der Waals surface area contributed by atoms with Gasteiger partial charge in [0.2, 0.25) is 11.3 Å². The molecular formula is C23H21BrN4O5. The van der Waals surface area contributed by atoms with Crippen molar-refractivity contribution in [3.05, 3.63) is 39.4 Å². The molecule has 0 bridgehead atoms. The van der Waals surface area contributed by atoms with Gasteiger partial charge in [-0.2, -0.15) is 10.5 Å². The molecule has 0 aromatic heterocycles. The first-order valence-corrected chi connectivity index (χ1v) is 10.6. The van der Waals surface area contributed by atoms with Crippen molar-refractivity contribution in [2.75, 3.05) is 26.2 Å². The molecule has 1 spiro atoms. The molecule has 33 heavy (non-hydrogen) atoms. The van der Waals surface area contributed by atoms with Crippen molar-refractivity contribution in [1.29, 1.82) is 10.5 Å². The first-order valence-electron chi connectivity index (χ1n) is 9.80. The van der Waals surface area contributed by atoms with Crippen molar-refractivity contribution in [2.45, 2.75) is 31.7 Å². The maximum atomic E-state index is 14.0. The van der Waals surface area contributed by atoms with Gasteiger partial charge in [0.05, 0.1) is 48.8 Å². The van der Waals surface area contributed by atoms with Gasteiger partial charge in [-0.1, -0.05) is 22.0 Å². The number of hydrogen-bond donors (Lipinski definition) is 0. The standard InChI is InChI=1S/C23H21BrN4O5/c1-21(2,3)27-17-15(18(29)32-5)16(19(30)33-6)23(22(17,10-25)11-26)13-8-7-12(24)9-14(13)28(4)20(23)31/h7-9H,1-6H3. The molecule has 1 atom stereocenters. The minimum absolute atomic E-state index is 0.210. The molecule has 1 amide bonds. The van der Waals surface area contributed by atoms with Gasteiger partial charge in [-0.25, -0.2) is 9.59 Å². The van der Waals surface area contributed by atoms with Gasteiger partial charge in [0.1, 0.15) is 5.41 Å². The molecule has 1 aromatic carbocycles. The van der Waals surface area contributed by atoms with E-state index in [0.29, 0.717) is 10.2 Å². The number of esters is 2. The van der Waals surface area contributed by atoms with Crippen molar-refractivity contribution < 1.29 is 23.9 Å². The number of fused-ring (bicyclic) bond motifs is 2. The molecule has 1 aliphatic carbocycles. The first kappa shape index (κ1) is 24.1. The highest BCUT2D eigenvalue weighted by Crippen LogP contribution is 2.62. The SMILES string of the molecule is COC(=O)C1=C(C(=O)OC)C2(C(=O)N(C)c3cc(Br)ccc32)C(C#N)(C#N)C1=NC(C)(C)C. The van der Waals surface area contributed by atoms with E-state index in [1.54, 1.807) is 39.0 Å². The number of benzene rings is 1. The predicted octanol–water partition coefficient (Wildman–Crippen LogP) is 2.59. The van der Waals surface area contributed by atoms with E-state index in [9.17, 15) is 24.9 Å². The van der Waals surface area contributed by atoms with Crippen LogP contribution in [0.3, 0.4) is 0 Å². The number of amides is 1. The second-order valence-corrected chi connectivity index (χ2v) is 9.53. The van der Waals surface area contributed by atoms with Crippen LogP contribution in [0.15, 0.2) is 38.8 Å². The summed E-state index contributed by atoms with van der Waals surface area (Å²) in [5.41, 5.74) is -6.00. The van der Waals surface area contributed by atoms with Crippen LogP contribution in [0.4, 0.5) is 5.69 Å². The van der Waals surface area contributed by atoms with Gasteiger partial charge < -0.3 is 14.4 Å². The molecule has 0 N–H and O–H groups in total. The fraction of sp³-hybridized carbons (Fsp3) is 0.391. The second kappa shape index (κ2) is 7.82. The minimum atomic E-state index is -2.35. The largest absolute Gasteiger partial charge is 0.466 e. The number of halogens is 1.